The molecule has 0 radical (unpaired) electrons. The van der Waals surface area contributed by atoms with Crippen LogP contribution in [0, 0.1) is 0 Å². The second kappa shape index (κ2) is 8.48. The zero-order valence-electron chi connectivity index (χ0n) is 15.7. The molecule has 6 nitrogen and oxygen atoms in total. The van der Waals surface area contributed by atoms with E-state index in [0.717, 1.165) is 16.0 Å². The van der Waals surface area contributed by atoms with E-state index in [4.69, 9.17) is 0 Å². The molecule has 1 aliphatic heterocycles. The predicted octanol–water partition coefficient (Wildman–Crippen LogP) is 3.34. The monoisotopic (exact) mass is 398 g/mol. The third kappa shape index (κ3) is 4.54. The number of thioether (sulfide) groups is 1. The van der Waals surface area contributed by atoms with E-state index < -0.39 is 11.9 Å². The molecule has 1 aliphatic rings. The summed E-state index contributed by atoms with van der Waals surface area (Å²) in [6, 6.07) is 14.7. The summed E-state index contributed by atoms with van der Waals surface area (Å²) >= 11 is 1.41. The minimum atomic E-state index is -0.918. The molecule has 2 aromatic carbocycles. The van der Waals surface area contributed by atoms with Crippen LogP contribution in [0.5, 0.6) is 0 Å². The maximum atomic E-state index is 12.9. The molecule has 0 saturated carbocycles. The SMILES string of the molecule is CC(=O)Nc1ccc(SC(C)C(=O)N2Cc3ccccc3C(C(=O)O)C2)cc1. The van der Waals surface area contributed by atoms with Crippen molar-refractivity contribution < 1.29 is 19.5 Å². The smallest absolute Gasteiger partial charge is 0.312 e. The first kappa shape index (κ1) is 19.9. The molecule has 2 N–H and O–H groups in total. The van der Waals surface area contributed by atoms with Crippen LogP contribution in [0.3, 0.4) is 0 Å². The average molecular weight is 398 g/mol. The maximum absolute atomic E-state index is 12.9. The molecule has 2 unspecified atom stereocenters. The summed E-state index contributed by atoms with van der Waals surface area (Å²) in [5, 5.41) is 11.9. The number of benzene rings is 2. The number of amides is 2. The van der Waals surface area contributed by atoms with E-state index in [1.807, 2.05) is 43.3 Å². The number of carbonyl (C=O) groups is 3. The van der Waals surface area contributed by atoms with Crippen molar-refractivity contribution in [2.24, 2.45) is 0 Å². The molecule has 0 fully saturated rings. The van der Waals surface area contributed by atoms with Gasteiger partial charge in [0.05, 0.1) is 11.2 Å². The molecule has 2 atom stereocenters. The summed E-state index contributed by atoms with van der Waals surface area (Å²) in [7, 11) is 0. The fourth-order valence-electron chi connectivity index (χ4n) is 3.32. The Morgan fingerprint density at radius 2 is 1.82 bits per heavy atom. The Balaban J connectivity index is 1.69. The van der Waals surface area contributed by atoms with Gasteiger partial charge in [-0.25, -0.2) is 0 Å². The number of anilines is 1. The summed E-state index contributed by atoms with van der Waals surface area (Å²) in [4.78, 5) is 38.3. The number of carboxylic acid groups (broad SMARTS) is 1. The number of aliphatic carboxylic acids is 1. The average Bonchev–Trinajstić information content (AvgIpc) is 2.67. The van der Waals surface area contributed by atoms with E-state index >= 15 is 0 Å². The van der Waals surface area contributed by atoms with Crippen LogP contribution in [0.1, 0.15) is 30.9 Å². The largest absolute Gasteiger partial charge is 0.481 e. The topological polar surface area (TPSA) is 86.7 Å². The van der Waals surface area contributed by atoms with E-state index in [0.29, 0.717) is 12.2 Å². The molecule has 2 amide bonds. The van der Waals surface area contributed by atoms with Crippen molar-refractivity contribution in [1.82, 2.24) is 4.90 Å². The number of rotatable bonds is 5. The maximum Gasteiger partial charge on any atom is 0.312 e. The predicted molar refractivity (Wildman–Crippen MR) is 108 cm³/mol. The lowest BCUT2D eigenvalue weighted by Crippen LogP contribution is -2.43. The molecule has 0 spiro atoms. The highest BCUT2D eigenvalue weighted by Crippen LogP contribution is 2.31. The summed E-state index contributed by atoms with van der Waals surface area (Å²) in [5.74, 6) is -1.85. The van der Waals surface area contributed by atoms with Gasteiger partial charge in [0.25, 0.3) is 0 Å². The van der Waals surface area contributed by atoms with Crippen molar-refractivity contribution >= 4 is 35.2 Å². The van der Waals surface area contributed by atoms with Crippen LogP contribution < -0.4 is 5.32 Å². The quantitative estimate of drug-likeness (QED) is 0.755. The fraction of sp³-hybridized carbons (Fsp3) is 0.286. The van der Waals surface area contributed by atoms with Gasteiger partial charge in [0, 0.05) is 30.6 Å². The van der Waals surface area contributed by atoms with Crippen LogP contribution in [0.4, 0.5) is 5.69 Å². The third-order valence-electron chi connectivity index (χ3n) is 4.64. The molecule has 0 aliphatic carbocycles. The number of nitrogens with one attached hydrogen (secondary N) is 1. The first-order chi connectivity index (χ1) is 13.3. The van der Waals surface area contributed by atoms with Crippen molar-refractivity contribution in [2.75, 3.05) is 11.9 Å². The standard InChI is InChI=1S/C21H22N2O4S/c1-13(28-17-9-7-16(8-10-17)22-14(2)24)20(25)23-11-15-5-3-4-6-18(15)19(12-23)21(26)27/h3-10,13,19H,11-12H2,1-2H3,(H,22,24)(H,26,27). The van der Waals surface area contributed by atoms with Gasteiger partial charge in [-0.1, -0.05) is 24.3 Å². The molecule has 0 aromatic heterocycles. The summed E-state index contributed by atoms with van der Waals surface area (Å²) in [5.41, 5.74) is 2.37. The summed E-state index contributed by atoms with van der Waals surface area (Å²) < 4.78 is 0. The van der Waals surface area contributed by atoms with E-state index in [9.17, 15) is 19.5 Å². The molecule has 28 heavy (non-hydrogen) atoms. The number of nitrogens with zero attached hydrogens (tertiary/aromatic N) is 1. The van der Waals surface area contributed by atoms with Crippen molar-refractivity contribution in [2.45, 2.75) is 36.5 Å². The zero-order valence-corrected chi connectivity index (χ0v) is 16.5. The molecule has 2 aromatic rings. The highest BCUT2D eigenvalue weighted by molar-refractivity contribution is 8.00. The second-order valence-electron chi connectivity index (χ2n) is 6.77. The van der Waals surface area contributed by atoms with Gasteiger partial charge in [-0.15, -0.1) is 11.8 Å². The highest BCUT2D eigenvalue weighted by Gasteiger charge is 2.34. The number of hydrogen-bond donors (Lipinski definition) is 2. The van der Waals surface area contributed by atoms with Gasteiger partial charge in [-0.2, -0.15) is 0 Å². The van der Waals surface area contributed by atoms with Gasteiger partial charge >= 0.3 is 5.97 Å². The summed E-state index contributed by atoms with van der Waals surface area (Å²) in [6.07, 6.45) is 0. The van der Waals surface area contributed by atoms with Crippen molar-refractivity contribution in [3.63, 3.8) is 0 Å². The molecule has 146 valence electrons. The van der Waals surface area contributed by atoms with Crippen LogP contribution in [0.15, 0.2) is 53.4 Å². The van der Waals surface area contributed by atoms with Gasteiger partial charge in [0.1, 0.15) is 0 Å². The van der Waals surface area contributed by atoms with Crippen LogP contribution in [0.25, 0.3) is 0 Å². The molecular formula is C21H22N2O4S. The Morgan fingerprint density at radius 3 is 2.46 bits per heavy atom. The van der Waals surface area contributed by atoms with Gasteiger partial charge < -0.3 is 15.3 Å². The van der Waals surface area contributed by atoms with E-state index in [1.54, 1.807) is 17.0 Å². The van der Waals surface area contributed by atoms with Gasteiger partial charge in [-0.3, -0.25) is 14.4 Å². The first-order valence-electron chi connectivity index (χ1n) is 8.99. The van der Waals surface area contributed by atoms with E-state index in [2.05, 4.69) is 5.32 Å². The Hall–Kier alpha value is -2.80. The Morgan fingerprint density at radius 1 is 1.14 bits per heavy atom. The number of fused-ring (bicyclic) bond motifs is 1. The Labute approximate surface area is 167 Å². The highest BCUT2D eigenvalue weighted by atomic mass is 32.2. The van der Waals surface area contributed by atoms with Crippen LogP contribution in [0.2, 0.25) is 0 Å². The fourth-order valence-corrected chi connectivity index (χ4v) is 4.27. The van der Waals surface area contributed by atoms with E-state index in [1.165, 1.54) is 18.7 Å². The van der Waals surface area contributed by atoms with Gasteiger partial charge in [0.2, 0.25) is 11.8 Å². The lowest BCUT2D eigenvalue weighted by Gasteiger charge is -2.34. The molecule has 0 saturated heterocycles. The van der Waals surface area contributed by atoms with Crippen molar-refractivity contribution in [3.05, 3.63) is 59.7 Å². The van der Waals surface area contributed by atoms with Crippen molar-refractivity contribution in [3.8, 4) is 0 Å². The minimum absolute atomic E-state index is 0.0864. The van der Waals surface area contributed by atoms with Crippen LogP contribution in [-0.4, -0.2) is 39.6 Å². The molecule has 1 heterocycles. The van der Waals surface area contributed by atoms with Crippen LogP contribution in [-0.2, 0) is 20.9 Å². The van der Waals surface area contributed by atoms with Crippen molar-refractivity contribution in [1.29, 1.82) is 0 Å². The van der Waals surface area contributed by atoms with Crippen LogP contribution >= 0.6 is 11.8 Å². The number of carbonyl (C=O) groups excluding carboxylic acids is 2. The first-order valence-corrected chi connectivity index (χ1v) is 9.87. The molecule has 3 rings (SSSR count). The Kier molecular flexibility index (Phi) is 6.04. The third-order valence-corrected chi connectivity index (χ3v) is 5.74. The normalized spacial score (nSPS) is 16.8. The lowest BCUT2D eigenvalue weighted by atomic mass is 9.89. The molecule has 0 bridgehead atoms. The molecular weight excluding hydrogens is 376 g/mol. The minimum Gasteiger partial charge on any atom is -0.481 e. The Bertz CT molecular complexity index is 898. The van der Waals surface area contributed by atoms with Gasteiger partial charge in [0.15, 0.2) is 0 Å². The van der Waals surface area contributed by atoms with Gasteiger partial charge in [-0.05, 0) is 42.3 Å². The number of hydrogen-bond acceptors (Lipinski definition) is 4. The van der Waals surface area contributed by atoms with E-state index in [-0.39, 0.29) is 23.6 Å². The second-order valence-corrected chi connectivity index (χ2v) is 8.19. The zero-order chi connectivity index (χ0) is 20.3. The molecule has 7 heteroatoms. The number of carboxylic acids is 1. The lowest BCUT2D eigenvalue weighted by molar-refractivity contribution is -0.141. The summed E-state index contributed by atoms with van der Waals surface area (Å²) in [6.45, 7) is 3.87.